The second kappa shape index (κ2) is 6.53. The molecule has 4 nitrogen and oxygen atoms in total. The van der Waals surface area contributed by atoms with Gasteiger partial charge in [-0.15, -0.1) is 0 Å². The van der Waals surface area contributed by atoms with E-state index in [1.54, 1.807) is 6.92 Å². The molecule has 1 heterocycles. The second-order valence-corrected chi connectivity index (χ2v) is 5.80. The molecule has 0 spiro atoms. The molecule has 0 radical (unpaired) electrons. The van der Waals surface area contributed by atoms with Crippen LogP contribution in [0.1, 0.15) is 45.4 Å². The van der Waals surface area contributed by atoms with Crippen LogP contribution in [0.4, 0.5) is 0 Å². The van der Waals surface area contributed by atoms with E-state index < -0.39 is 0 Å². The third kappa shape index (κ3) is 3.69. The van der Waals surface area contributed by atoms with E-state index in [1.807, 2.05) is 4.90 Å². The topological polar surface area (TPSA) is 52.6 Å². The van der Waals surface area contributed by atoms with Gasteiger partial charge in [0.1, 0.15) is 0 Å². The molecule has 1 aliphatic heterocycles. The highest BCUT2D eigenvalue weighted by molar-refractivity contribution is 5.73. The van der Waals surface area contributed by atoms with Crippen LogP contribution in [0, 0.1) is 5.92 Å². The number of aliphatic hydroxyl groups is 1. The molecule has 1 saturated carbocycles. The number of hydrogen-bond donors (Lipinski definition) is 2. The minimum absolute atomic E-state index is 0.108. The summed E-state index contributed by atoms with van der Waals surface area (Å²) in [6.45, 7) is 4.33. The number of piperidine rings is 1. The van der Waals surface area contributed by atoms with Crippen LogP contribution < -0.4 is 5.32 Å². The Morgan fingerprint density at radius 2 is 1.89 bits per heavy atom. The molecule has 104 valence electrons. The predicted molar refractivity (Wildman–Crippen MR) is 71.2 cm³/mol. The zero-order valence-corrected chi connectivity index (χ0v) is 11.4. The molecule has 2 atom stereocenters. The number of carbonyl (C=O) groups excluding carboxylic acids is 1. The van der Waals surface area contributed by atoms with E-state index in [0.29, 0.717) is 12.0 Å². The van der Waals surface area contributed by atoms with Crippen LogP contribution in [0.25, 0.3) is 0 Å². The zero-order valence-electron chi connectivity index (χ0n) is 11.4. The fourth-order valence-corrected chi connectivity index (χ4v) is 3.14. The van der Waals surface area contributed by atoms with Crippen molar-refractivity contribution in [1.29, 1.82) is 0 Å². The van der Waals surface area contributed by atoms with Gasteiger partial charge in [-0.05, 0) is 31.6 Å². The van der Waals surface area contributed by atoms with E-state index in [1.165, 1.54) is 12.8 Å². The van der Waals surface area contributed by atoms with Crippen molar-refractivity contribution in [2.24, 2.45) is 5.92 Å². The number of likely N-dealkylation sites (tertiary alicyclic amines) is 1. The normalized spacial score (nSPS) is 30.4. The molecule has 0 aromatic rings. The van der Waals surface area contributed by atoms with E-state index in [0.717, 1.165) is 45.3 Å². The molecule has 0 bridgehead atoms. The first-order valence-electron chi connectivity index (χ1n) is 7.34. The summed E-state index contributed by atoms with van der Waals surface area (Å²) < 4.78 is 0. The highest BCUT2D eigenvalue weighted by Crippen LogP contribution is 2.24. The van der Waals surface area contributed by atoms with Crippen molar-refractivity contribution in [1.82, 2.24) is 10.2 Å². The van der Waals surface area contributed by atoms with Gasteiger partial charge in [-0.2, -0.15) is 0 Å². The maximum Gasteiger partial charge on any atom is 0.219 e. The minimum Gasteiger partial charge on any atom is -0.393 e. The summed E-state index contributed by atoms with van der Waals surface area (Å²) in [6, 6.07) is 0.523. The van der Waals surface area contributed by atoms with Gasteiger partial charge in [0.25, 0.3) is 0 Å². The summed E-state index contributed by atoms with van der Waals surface area (Å²) in [7, 11) is 0. The number of carbonyl (C=O) groups is 1. The largest absolute Gasteiger partial charge is 0.393 e. The Bertz CT molecular complexity index is 275. The van der Waals surface area contributed by atoms with Gasteiger partial charge in [-0.1, -0.05) is 12.8 Å². The average Bonchev–Trinajstić information content (AvgIpc) is 2.38. The molecular weight excluding hydrogens is 228 g/mol. The summed E-state index contributed by atoms with van der Waals surface area (Å²) in [5, 5.41) is 13.5. The standard InChI is InChI=1S/C14H26N2O2/c1-11(17)16-8-6-13(7-9-16)15-10-12-4-2-3-5-14(12)18/h12-15,18H,2-10H2,1H3. The molecule has 1 saturated heterocycles. The first-order chi connectivity index (χ1) is 8.66. The second-order valence-electron chi connectivity index (χ2n) is 5.80. The number of rotatable bonds is 3. The monoisotopic (exact) mass is 254 g/mol. The number of amides is 1. The molecule has 1 aliphatic carbocycles. The number of nitrogens with one attached hydrogen (secondary N) is 1. The fourth-order valence-electron chi connectivity index (χ4n) is 3.14. The maximum absolute atomic E-state index is 11.2. The van der Waals surface area contributed by atoms with Gasteiger partial charge >= 0.3 is 0 Å². The van der Waals surface area contributed by atoms with Crippen molar-refractivity contribution >= 4 is 5.91 Å². The third-order valence-electron chi connectivity index (χ3n) is 4.48. The lowest BCUT2D eigenvalue weighted by molar-refractivity contribution is -0.129. The van der Waals surface area contributed by atoms with E-state index in [2.05, 4.69) is 5.32 Å². The molecule has 0 aromatic carbocycles. The number of aliphatic hydroxyl groups excluding tert-OH is 1. The molecule has 18 heavy (non-hydrogen) atoms. The van der Waals surface area contributed by atoms with E-state index >= 15 is 0 Å². The Morgan fingerprint density at radius 1 is 1.22 bits per heavy atom. The van der Waals surface area contributed by atoms with Gasteiger partial charge in [0.15, 0.2) is 0 Å². The Labute approximate surface area is 110 Å². The smallest absolute Gasteiger partial charge is 0.219 e. The van der Waals surface area contributed by atoms with Crippen molar-refractivity contribution in [3.63, 3.8) is 0 Å². The quantitative estimate of drug-likeness (QED) is 0.794. The lowest BCUT2D eigenvalue weighted by atomic mass is 9.86. The van der Waals surface area contributed by atoms with Crippen molar-refractivity contribution in [3.8, 4) is 0 Å². The van der Waals surface area contributed by atoms with Gasteiger partial charge in [0.05, 0.1) is 6.10 Å². The van der Waals surface area contributed by atoms with Crippen molar-refractivity contribution in [2.75, 3.05) is 19.6 Å². The van der Waals surface area contributed by atoms with E-state index in [9.17, 15) is 9.90 Å². The van der Waals surface area contributed by atoms with Crippen LogP contribution in [0.3, 0.4) is 0 Å². The molecule has 2 unspecified atom stereocenters. The fraction of sp³-hybridized carbons (Fsp3) is 0.929. The average molecular weight is 254 g/mol. The van der Waals surface area contributed by atoms with Gasteiger partial charge in [0, 0.05) is 32.6 Å². The minimum atomic E-state index is -0.108. The number of hydrogen-bond acceptors (Lipinski definition) is 3. The van der Waals surface area contributed by atoms with E-state index in [4.69, 9.17) is 0 Å². The van der Waals surface area contributed by atoms with Gasteiger partial charge in [0.2, 0.25) is 5.91 Å². The van der Waals surface area contributed by atoms with Gasteiger partial charge in [-0.3, -0.25) is 4.79 Å². The summed E-state index contributed by atoms with van der Waals surface area (Å²) in [6.07, 6.45) is 6.53. The first-order valence-corrected chi connectivity index (χ1v) is 7.34. The lowest BCUT2D eigenvalue weighted by Crippen LogP contribution is -2.46. The van der Waals surface area contributed by atoms with Crippen molar-refractivity contribution in [3.05, 3.63) is 0 Å². The SMILES string of the molecule is CC(=O)N1CCC(NCC2CCCCC2O)CC1. The Balaban J connectivity index is 1.67. The predicted octanol–water partition coefficient (Wildman–Crippen LogP) is 1.14. The summed E-state index contributed by atoms with van der Waals surface area (Å²) in [5.74, 6) is 0.626. The zero-order chi connectivity index (χ0) is 13.0. The third-order valence-corrected chi connectivity index (χ3v) is 4.48. The van der Waals surface area contributed by atoms with E-state index in [-0.39, 0.29) is 12.0 Å². The van der Waals surface area contributed by atoms with Crippen LogP contribution in [0.15, 0.2) is 0 Å². The summed E-state index contributed by atoms with van der Waals surface area (Å²) in [5.41, 5.74) is 0. The first kappa shape index (κ1) is 13.8. The molecule has 2 aliphatic rings. The lowest BCUT2D eigenvalue weighted by Gasteiger charge is -2.34. The molecule has 2 rings (SSSR count). The van der Waals surface area contributed by atoms with Crippen LogP contribution in [0.2, 0.25) is 0 Å². The Hall–Kier alpha value is -0.610. The molecule has 2 N–H and O–H groups in total. The van der Waals surface area contributed by atoms with Crippen LogP contribution >= 0.6 is 0 Å². The Morgan fingerprint density at radius 3 is 2.50 bits per heavy atom. The van der Waals surface area contributed by atoms with Crippen molar-refractivity contribution < 1.29 is 9.90 Å². The molecule has 1 amide bonds. The molecule has 0 aromatic heterocycles. The van der Waals surface area contributed by atoms with Crippen LogP contribution in [-0.2, 0) is 4.79 Å². The van der Waals surface area contributed by atoms with Crippen LogP contribution in [0.5, 0.6) is 0 Å². The number of nitrogens with zero attached hydrogens (tertiary/aromatic N) is 1. The highest BCUT2D eigenvalue weighted by atomic mass is 16.3. The molecular formula is C14H26N2O2. The Kier molecular flexibility index (Phi) is 5.01. The molecule has 4 heteroatoms. The summed E-state index contributed by atoms with van der Waals surface area (Å²) >= 11 is 0. The highest BCUT2D eigenvalue weighted by Gasteiger charge is 2.25. The van der Waals surface area contributed by atoms with Gasteiger partial charge < -0.3 is 15.3 Å². The molecule has 2 fully saturated rings. The van der Waals surface area contributed by atoms with Crippen molar-refractivity contribution in [2.45, 2.75) is 57.6 Å². The summed E-state index contributed by atoms with van der Waals surface area (Å²) in [4.78, 5) is 13.2. The van der Waals surface area contributed by atoms with Gasteiger partial charge in [-0.25, -0.2) is 0 Å². The maximum atomic E-state index is 11.2. The van der Waals surface area contributed by atoms with Crippen LogP contribution in [-0.4, -0.2) is 47.7 Å².